The minimum atomic E-state index is -0.256. The van der Waals surface area contributed by atoms with E-state index >= 15 is 0 Å². The second-order valence-corrected chi connectivity index (χ2v) is 5.42. The molecule has 110 valence electrons. The maximum Gasteiger partial charge on any atom is 0.240 e. The van der Waals surface area contributed by atoms with Crippen molar-refractivity contribution in [2.45, 2.75) is 33.2 Å². The van der Waals surface area contributed by atoms with Gasteiger partial charge in [0.1, 0.15) is 6.54 Å². The van der Waals surface area contributed by atoms with Crippen molar-refractivity contribution in [2.24, 2.45) is 0 Å². The molecule has 0 saturated carbocycles. The number of hydrogen-bond donors (Lipinski definition) is 1. The molecule has 0 aliphatic carbocycles. The summed E-state index contributed by atoms with van der Waals surface area (Å²) in [5.74, 6) is -0.478. The van der Waals surface area contributed by atoms with Crippen LogP contribution in [-0.4, -0.2) is 24.4 Å². The monoisotopic (exact) mass is 316 g/mol. The number of hydrogen-bond acceptors (Lipinski definition) is 2. The molecule has 1 N–H and O–H groups in total. The minimum Gasteiger partial charge on any atom is -0.352 e. The average Bonchev–Trinajstić information content (AvgIpc) is 2.36. The van der Waals surface area contributed by atoms with E-state index in [-0.39, 0.29) is 24.4 Å². The summed E-state index contributed by atoms with van der Waals surface area (Å²) >= 11 is 11.9. The summed E-state index contributed by atoms with van der Waals surface area (Å²) in [6.07, 6.45) is 0.827. The molecule has 1 aromatic rings. The van der Waals surface area contributed by atoms with Gasteiger partial charge in [-0.2, -0.15) is 0 Å². The predicted molar refractivity (Wildman–Crippen MR) is 82.4 cm³/mol. The first kappa shape index (κ1) is 16.8. The van der Waals surface area contributed by atoms with Crippen molar-refractivity contribution in [1.82, 2.24) is 5.32 Å². The van der Waals surface area contributed by atoms with E-state index in [0.717, 1.165) is 6.42 Å². The molecule has 0 radical (unpaired) electrons. The third-order valence-corrected chi connectivity index (χ3v) is 3.44. The lowest BCUT2D eigenvalue weighted by Crippen LogP contribution is -2.42. The van der Waals surface area contributed by atoms with Gasteiger partial charge < -0.3 is 10.2 Å². The highest BCUT2D eigenvalue weighted by Crippen LogP contribution is 2.28. The maximum atomic E-state index is 11.9. The van der Waals surface area contributed by atoms with Crippen molar-refractivity contribution >= 4 is 40.7 Å². The van der Waals surface area contributed by atoms with Crippen LogP contribution in [0.1, 0.15) is 27.2 Å². The molecule has 0 saturated heterocycles. The zero-order chi connectivity index (χ0) is 15.3. The van der Waals surface area contributed by atoms with Crippen molar-refractivity contribution in [1.29, 1.82) is 0 Å². The van der Waals surface area contributed by atoms with Gasteiger partial charge in [0.2, 0.25) is 11.8 Å². The van der Waals surface area contributed by atoms with Gasteiger partial charge in [-0.25, -0.2) is 0 Å². The normalized spacial score (nSPS) is 11.8. The van der Waals surface area contributed by atoms with E-state index in [0.29, 0.717) is 15.7 Å². The van der Waals surface area contributed by atoms with Crippen LogP contribution >= 0.6 is 23.2 Å². The molecule has 20 heavy (non-hydrogen) atoms. The maximum absolute atomic E-state index is 11.9. The lowest BCUT2D eigenvalue weighted by Gasteiger charge is -2.23. The highest BCUT2D eigenvalue weighted by Gasteiger charge is 2.19. The number of carbonyl (C=O) groups is 2. The van der Waals surface area contributed by atoms with Gasteiger partial charge in [0.15, 0.2) is 0 Å². The average molecular weight is 317 g/mol. The Bertz CT molecular complexity index is 506. The topological polar surface area (TPSA) is 49.4 Å². The van der Waals surface area contributed by atoms with Gasteiger partial charge in [-0.1, -0.05) is 30.1 Å². The van der Waals surface area contributed by atoms with Gasteiger partial charge in [-0.3, -0.25) is 9.59 Å². The van der Waals surface area contributed by atoms with E-state index in [4.69, 9.17) is 23.2 Å². The number of amides is 2. The lowest BCUT2D eigenvalue weighted by atomic mass is 10.2. The first-order valence-electron chi connectivity index (χ1n) is 6.37. The second-order valence-electron chi connectivity index (χ2n) is 4.58. The Kier molecular flexibility index (Phi) is 6.30. The summed E-state index contributed by atoms with van der Waals surface area (Å²) < 4.78 is 0. The van der Waals surface area contributed by atoms with Crippen LogP contribution < -0.4 is 10.2 Å². The molecule has 2 amide bonds. The fourth-order valence-corrected chi connectivity index (χ4v) is 2.14. The van der Waals surface area contributed by atoms with Gasteiger partial charge >= 0.3 is 0 Å². The molecular weight excluding hydrogens is 299 g/mol. The van der Waals surface area contributed by atoms with Crippen molar-refractivity contribution in [2.75, 3.05) is 11.4 Å². The number of nitrogens with zero attached hydrogens (tertiary/aromatic N) is 1. The van der Waals surface area contributed by atoms with Crippen LogP contribution in [0.4, 0.5) is 5.69 Å². The smallest absolute Gasteiger partial charge is 0.240 e. The van der Waals surface area contributed by atoms with E-state index in [9.17, 15) is 9.59 Å². The lowest BCUT2D eigenvalue weighted by molar-refractivity contribution is -0.123. The van der Waals surface area contributed by atoms with Crippen LogP contribution in [0.5, 0.6) is 0 Å². The van der Waals surface area contributed by atoms with Gasteiger partial charge in [0.25, 0.3) is 0 Å². The van der Waals surface area contributed by atoms with Crippen LogP contribution in [0.25, 0.3) is 0 Å². The molecule has 4 nitrogen and oxygen atoms in total. The Hall–Kier alpha value is -1.26. The van der Waals surface area contributed by atoms with Crippen molar-refractivity contribution in [3.8, 4) is 0 Å². The highest BCUT2D eigenvalue weighted by molar-refractivity contribution is 6.36. The second kappa shape index (κ2) is 7.50. The highest BCUT2D eigenvalue weighted by atomic mass is 35.5. The molecule has 1 atom stereocenters. The van der Waals surface area contributed by atoms with Gasteiger partial charge in [0.05, 0.1) is 10.7 Å². The van der Waals surface area contributed by atoms with Crippen LogP contribution in [-0.2, 0) is 9.59 Å². The first-order chi connectivity index (χ1) is 9.35. The summed E-state index contributed by atoms with van der Waals surface area (Å²) in [6.45, 7) is 5.21. The summed E-state index contributed by atoms with van der Waals surface area (Å²) in [6, 6.07) is 4.87. The summed E-state index contributed by atoms with van der Waals surface area (Å²) in [5.41, 5.74) is 0.475. The molecule has 1 rings (SSSR count). The minimum absolute atomic E-state index is 0.0667. The van der Waals surface area contributed by atoms with E-state index in [1.165, 1.54) is 11.8 Å². The molecule has 6 heteroatoms. The summed E-state index contributed by atoms with van der Waals surface area (Å²) in [5, 5.41) is 3.63. The Labute approximate surface area is 129 Å². The van der Waals surface area contributed by atoms with Gasteiger partial charge in [0, 0.05) is 18.0 Å². The Morgan fingerprint density at radius 1 is 1.35 bits per heavy atom. The number of benzene rings is 1. The number of nitrogens with one attached hydrogen (secondary N) is 1. The standard InChI is InChI=1S/C14H18Cl2N2O2/c1-4-9(2)17-14(20)8-18(10(3)19)13-6-5-11(15)7-12(13)16/h5-7,9H,4,8H2,1-3H3,(H,17,20). The zero-order valence-electron chi connectivity index (χ0n) is 11.7. The number of carbonyl (C=O) groups excluding carboxylic acids is 2. The fourth-order valence-electron chi connectivity index (χ4n) is 1.63. The molecule has 1 unspecified atom stereocenters. The molecular formula is C14H18Cl2N2O2. The molecule has 1 aromatic carbocycles. The summed E-state index contributed by atoms with van der Waals surface area (Å²) in [7, 11) is 0. The molecule has 0 fully saturated rings. The summed E-state index contributed by atoms with van der Waals surface area (Å²) in [4.78, 5) is 25.0. The Balaban J connectivity index is 2.90. The molecule has 0 aliphatic heterocycles. The van der Waals surface area contributed by atoms with Crippen LogP contribution in [0, 0.1) is 0 Å². The largest absolute Gasteiger partial charge is 0.352 e. The van der Waals surface area contributed by atoms with E-state index in [1.54, 1.807) is 18.2 Å². The number of halogens is 2. The predicted octanol–water partition coefficient (Wildman–Crippen LogP) is 3.26. The van der Waals surface area contributed by atoms with Crippen LogP contribution in [0.3, 0.4) is 0 Å². The molecule has 0 bridgehead atoms. The van der Waals surface area contributed by atoms with E-state index in [2.05, 4.69) is 5.32 Å². The van der Waals surface area contributed by atoms with Crippen LogP contribution in [0.2, 0.25) is 10.0 Å². The molecule has 0 heterocycles. The van der Waals surface area contributed by atoms with Crippen molar-refractivity contribution in [3.63, 3.8) is 0 Å². The molecule has 0 aliphatic rings. The molecule has 0 aromatic heterocycles. The van der Waals surface area contributed by atoms with Crippen molar-refractivity contribution in [3.05, 3.63) is 28.2 Å². The third-order valence-electron chi connectivity index (χ3n) is 2.90. The Morgan fingerprint density at radius 3 is 2.50 bits per heavy atom. The SMILES string of the molecule is CCC(C)NC(=O)CN(C(C)=O)c1ccc(Cl)cc1Cl. The van der Waals surface area contributed by atoms with Crippen molar-refractivity contribution < 1.29 is 9.59 Å². The van der Waals surface area contributed by atoms with Gasteiger partial charge in [-0.05, 0) is 31.5 Å². The van der Waals surface area contributed by atoms with E-state index in [1.807, 2.05) is 13.8 Å². The quantitative estimate of drug-likeness (QED) is 0.906. The number of anilines is 1. The number of rotatable bonds is 5. The zero-order valence-corrected chi connectivity index (χ0v) is 13.3. The Morgan fingerprint density at radius 2 is 2.00 bits per heavy atom. The van der Waals surface area contributed by atoms with E-state index < -0.39 is 0 Å². The molecule has 0 spiro atoms. The van der Waals surface area contributed by atoms with Gasteiger partial charge in [-0.15, -0.1) is 0 Å². The fraction of sp³-hybridized carbons (Fsp3) is 0.429. The third kappa shape index (κ3) is 4.69. The van der Waals surface area contributed by atoms with Crippen LogP contribution in [0.15, 0.2) is 18.2 Å². The first-order valence-corrected chi connectivity index (χ1v) is 7.13.